The first-order valence-electron chi connectivity index (χ1n) is 7.94. The molecule has 2 atom stereocenters. The van der Waals surface area contributed by atoms with Gasteiger partial charge in [0, 0.05) is 37.8 Å². The molecule has 0 aromatic rings. The minimum Gasteiger partial charge on any atom is -0.329 e. The SMILES string of the molecule is NCC1(N2CCN3CCCCC3C2)CCCS(=O)(=O)C1. The lowest BCUT2D eigenvalue weighted by Gasteiger charge is -2.52. The molecule has 0 spiro atoms. The number of rotatable bonds is 2. The summed E-state index contributed by atoms with van der Waals surface area (Å²) in [6.45, 7) is 4.74. The van der Waals surface area contributed by atoms with Gasteiger partial charge < -0.3 is 5.73 Å². The Bertz CT molecular complexity index is 453. The fourth-order valence-corrected chi connectivity index (χ4v) is 6.29. The van der Waals surface area contributed by atoms with Gasteiger partial charge in [-0.2, -0.15) is 0 Å². The summed E-state index contributed by atoms with van der Waals surface area (Å²) in [7, 11) is -2.92. The number of fused-ring (bicyclic) bond motifs is 1. The Balaban J connectivity index is 1.76. The largest absolute Gasteiger partial charge is 0.329 e. The van der Waals surface area contributed by atoms with Crippen LogP contribution in [0.15, 0.2) is 0 Å². The van der Waals surface area contributed by atoms with Gasteiger partial charge in [0.1, 0.15) is 0 Å². The zero-order chi connectivity index (χ0) is 14.2. The van der Waals surface area contributed by atoms with Crippen molar-refractivity contribution in [2.45, 2.75) is 43.7 Å². The minimum absolute atomic E-state index is 0.267. The predicted octanol–water partition coefficient (Wildman–Crippen LogP) is 0.0626. The summed E-state index contributed by atoms with van der Waals surface area (Å²) in [5, 5.41) is 0. The molecule has 3 aliphatic rings. The highest BCUT2D eigenvalue weighted by atomic mass is 32.2. The molecule has 0 bridgehead atoms. The Hall–Kier alpha value is -0.170. The van der Waals surface area contributed by atoms with Crippen LogP contribution in [0.4, 0.5) is 0 Å². The molecule has 3 rings (SSSR count). The van der Waals surface area contributed by atoms with Gasteiger partial charge in [-0.05, 0) is 32.2 Å². The molecule has 0 aliphatic carbocycles. The van der Waals surface area contributed by atoms with Crippen molar-refractivity contribution in [3.63, 3.8) is 0 Å². The molecule has 0 saturated carbocycles. The van der Waals surface area contributed by atoms with Gasteiger partial charge in [-0.1, -0.05) is 6.42 Å². The standard InChI is InChI=1S/C14H27N3O2S/c15-11-14(5-3-9-20(18,19)12-14)17-8-7-16-6-2-1-4-13(16)10-17/h13H,1-12,15H2. The topological polar surface area (TPSA) is 66.6 Å². The minimum atomic E-state index is -2.92. The molecule has 2 unspecified atom stereocenters. The number of nitrogens with two attached hydrogens (primary N) is 1. The van der Waals surface area contributed by atoms with E-state index >= 15 is 0 Å². The molecular formula is C14H27N3O2S. The van der Waals surface area contributed by atoms with Gasteiger partial charge in [-0.3, -0.25) is 9.80 Å². The predicted molar refractivity (Wildman–Crippen MR) is 80.5 cm³/mol. The van der Waals surface area contributed by atoms with Crippen LogP contribution in [0.25, 0.3) is 0 Å². The second-order valence-electron chi connectivity index (χ2n) is 6.76. The first-order valence-corrected chi connectivity index (χ1v) is 9.76. The van der Waals surface area contributed by atoms with E-state index in [-0.39, 0.29) is 11.3 Å². The van der Waals surface area contributed by atoms with E-state index in [1.807, 2.05) is 0 Å². The number of nitrogens with zero attached hydrogens (tertiary/aromatic N) is 2. The van der Waals surface area contributed by atoms with Crippen molar-refractivity contribution in [1.29, 1.82) is 0 Å². The van der Waals surface area contributed by atoms with Crippen molar-refractivity contribution >= 4 is 9.84 Å². The lowest BCUT2D eigenvalue weighted by molar-refractivity contribution is -0.00753. The lowest BCUT2D eigenvalue weighted by Crippen LogP contribution is -2.67. The summed E-state index contributed by atoms with van der Waals surface area (Å²) in [6, 6.07) is 0.616. The third-order valence-electron chi connectivity index (χ3n) is 5.47. The van der Waals surface area contributed by atoms with E-state index in [4.69, 9.17) is 5.73 Å². The van der Waals surface area contributed by atoms with Crippen molar-refractivity contribution in [2.24, 2.45) is 5.73 Å². The third kappa shape index (κ3) is 2.75. The first-order chi connectivity index (χ1) is 9.55. The fraction of sp³-hybridized carbons (Fsp3) is 1.00. The zero-order valence-corrected chi connectivity index (χ0v) is 13.1. The van der Waals surface area contributed by atoms with Crippen LogP contribution in [0.3, 0.4) is 0 Å². The lowest BCUT2D eigenvalue weighted by atomic mass is 9.89. The normalized spacial score (nSPS) is 39.4. The Morgan fingerprint density at radius 2 is 2.00 bits per heavy atom. The summed E-state index contributed by atoms with van der Waals surface area (Å²) >= 11 is 0. The molecule has 20 heavy (non-hydrogen) atoms. The van der Waals surface area contributed by atoms with Crippen LogP contribution < -0.4 is 5.73 Å². The van der Waals surface area contributed by atoms with Crippen LogP contribution in [0.2, 0.25) is 0 Å². The van der Waals surface area contributed by atoms with Crippen molar-refractivity contribution in [3.05, 3.63) is 0 Å². The van der Waals surface area contributed by atoms with Crippen LogP contribution in [-0.4, -0.2) is 74.0 Å². The summed E-state index contributed by atoms with van der Waals surface area (Å²) in [6.07, 6.45) is 5.58. The van der Waals surface area contributed by atoms with Gasteiger partial charge in [-0.25, -0.2) is 8.42 Å². The van der Waals surface area contributed by atoms with E-state index in [2.05, 4.69) is 9.80 Å². The van der Waals surface area contributed by atoms with Gasteiger partial charge in [0.2, 0.25) is 0 Å². The Morgan fingerprint density at radius 1 is 1.15 bits per heavy atom. The van der Waals surface area contributed by atoms with Crippen molar-refractivity contribution in [3.8, 4) is 0 Å². The number of piperidine rings is 1. The zero-order valence-electron chi connectivity index (χ0n) is 12.3. The molecule has 116 valence electrons. The smallest absolute Gasteiger partial charge is 0.152 e. The second-order valence-corrected chi connectivity index (χ2v) is 8.94. The van der Waals surface area contributed by atoms with Crippen molar-refractivity contribution < 1.29 is 8.42 Å². The monoisotopic (exact) mass is 301 g/mol. The van der Waals surface area contributed by atoms with Crippen LogP contribution in [0.1, 0.15) is 32.1 Å². The van der Waals surface area contributed by atoms with E-state index < -0.39 is 9.84 Å². The molecule has 3 aliphatic heterocycles. The molecule has 3 saturated heterocycles. The summed E-state index contributed by atoms with van der Waals surface area (Å²) < 4.78 is 24.1. The van der Waals surface area contributed by atoms with Gasteiger partial charge in [0.05, 0.1) is 11.5 Å². The summed E-state index contributed by atoms with van der Waals surface area (Å²) in [5.74, 6) is 0.612. The molecular weight excluding hydrogens is 274 g/mol. The molecule has 3 fully saturated rings. The van der Waals surface area contributed by atoms with Gasteiger partial charge in [0.15, 0.2) is 9.84 Å². The van der Waals surface area contributed by atoms with Gasteiger partial charge >= 0.3 is 0 Å². The number of hydrogen-bond acceptors (Lipinski definition) is 5. The summed E-state index contributed by atoms with van der Waals surface area (Å²) in [4.78, 5) is 5.00. The Kier molecular flexibility index (Phi) is 4.10. The van der Waals surface area contributed by atoms with Crippen LogP contribution >= 0.6 is 0 Å². The molecule has 6 heteroatoms. The molecule has 0 amide bonds. The highest BCUT2D eigenvalue weighted by Crippen LogP contribution is 2.32. The number of piperazine rings is 1. The van der Waals surface area contributed by atoms with E-state index in [0.717, 1.165) is 32.5 Å². The fourth-order valence-electron chi connectivity index (χ4n) is 4.30. The molecule has 0 radical (unpaired) electrons. The average Bonchev–Trinajstić information content (AvgIpc) is 2.45. The van der Waals surface area contributed by atoms with E-state index in [1.54, 1.807) is 0 Å². The van der Waals surface area contributed by atoms with E-state index in [9.17, 15) is 8.42 Å². The van der Waals surface area contributed by atoms with Gasteiger partial charge in [-0.15, -0.1) is 0 Å². The molecule has 5 nitrogen and oxygen atoms in total. The highest BCUT2D eigenvalue weighted by molar-refractivity contribution is 7.91. The van der Waals surface area contributed by atoms with Gasteiger partial charge in [0.25, 0.3) is 0 Å². The van der Waals surface area contributed by atoms with Crippen molar-refractivity contribution in [1.82, 2.24) is 9.80 Å². The maximum absolute atomic E-state index is 12.1. The highest BCUT2D eigenvalue weighted by Gasteiger charge is 2.45. The average molecular weight is 301 g/mol. The third-order valence-corrected chi connectivity index (χ3v) is 7.36. The molecule has 2 N–H and O–H groups in total. The Morgan fingerprint density at radius 3 is 2.75 bits per heavy atom. The van der Waals surface area contributed by atoms with E-state index in [0.29, 0.717) is 18.3 Å². The molecule has 0 aromatic carbocycles. The molecule has 0 aromatic heterocycles. The van der Waals surface area contributed by atoms with E-state index in [1.165, 1.54) is 25.8 Å². The van der Waals surface area contributed by atoms with Crippen molar-refractivity contribution in [2.75, 3.05) is 44.2 Å². The molecule has 3 heterocycles. The van der Waals surface area contributed by atoms with Crippen LogP contribution in [0.5, 0.6) is 0 Å². The maximum Gasteiger partial charge on any atom is 0.152 e. The number of sulfone groups is 1. The van der Waals surface area contributed by atoms with Crippen LogP contribution in [-0.2, 0) is 9.84 Å². The summed E-state index contributed by atoms with van der Waals surface area (Å²) in [5.41, 5.74) is 5.75. The number of hydrogen-bond donors (Lipinski definition) is 1. The second kappa shape index (κ2) is 5.55. The quantitative estimate of drug-likeness (QED) is 0.781. The van der Waals surface area contributed by atoms with Crippen LogP contribution in [0, 0.1) is 0 Å². The maximum atomic E-state index is 12.1. The Labute approximate surface area is 122 Å². The first kappa shape index (κ1) is 14.8.